The van der Waals surface area contributed by atoms with Gasteiger partial charge in [0.05, 0.1) is 6.61 Å². The van der Waals surface area contributed by atoms with Crippen LogP contribution >= 0.6 is 0 Å². The molecule has 26 heavy (non-hydrogen) atoms. The van der Waals surface area contributed by atoms with Gasteiger partial charge in [0.1, 0.15) is 42.7 Å². The van der Waals surface area contributed by atoms with Crippen LogP contribution in [0.25, 0.3) is 10.4 Å². The topological polar surface area (TPSA) is 235 Å². The number of azide groups is 1. The van der Waals surface area contributed by atoms with E-state index in [4.69, 9.17) is 24.8 Å². The Balaban J connectivity index is 2.04. The Labute approximate surface area is 145 Å². The number of rotatable bonds is 5. The van der Waals surface area contributed by atoms with Crippen molar-refractivity contribution in [2.24, 2.45) is 5.11 Å². The second-order valence-electron chi connectivity index (χ2n) is 5.81. The molecule has 7 N–H and O–H groups in total. The molecule has 0 saturated carbocycles. The highest BCUT2D eigenvalue weighted by Gasteiger charge is 2.49. The fourth-order valence-corrected chi connectivity index (χ4v) is 2.59. The normalized spacial score (nSPS) is 46.4. The maximum Gasteiger partial charge on any atom is 0.335 e. The molecule has 148 valence electrons. The van der Waals surface area contributed by atoms with Crippen molar-refractivity contribution in [2.75, 3.05) is 6.61 Å². The molecule has 0 unspecified atom stereocenters. The van der Waals surface area contributed by atoms with Crippen molar-refractivity contribution in [2.45, 2.75) is 61.3 Å². The number of aliphatic hydroxyl groups excluding tert-OH is 6. The number of carbonyl (C=O) groups is 1. The third-order valence-corrected chi connectivity index (χ3v) is 4.09. The molecule has 0 aliphatic carbocycles. The molecule has 0 aromatic heterocycles. The molecule has 0 aromatic rings. The van der Waals surface area contributed by atoms with Crippen molar-refractivity contribution < 1.29 is 54.8 Å². The highest BCUT2D eigenvalue weighted by molar-refractivity contribution is 5.73. The first-order valence-corrected chi connectivity index (χ1v) is 7.47. The van der Waals surface area contributed by atoms with E-state index in [9.17, 15) is 35.4 Å². The van der Waals surface area contributed by atoms with E-state index in [0.29, 0.717) is 0 Å². The minimum atomic E-state index is -1.90. The van der Waals surface area contributed by atoms with Gasteiger partial charge in [-0.15, -0.1) is 0 Å². The van der Waals surface area contributed by atoms with E-state index >= 15 is 0 Å². The number of nitrogens with zero attached hydrogens (tertiary/aromatic N) is 3. The fourth-order valence-electron chi connectivity index (χ4n) is 2.59. The molecule has 0 radical (unpaired) electrons. The predicted molar refractivity (Wildman–Crippen MR) is 76.1 cm³/mol. The second-order valence-corrected chi connectivity index (χ2v) is 5.81. The van der Waals surface area contributed by atoms with Gasteiger partial charge in [-0.2, -0.15) is 0 Å². The fraction of sp³-hybridized carbons (Fsp3) is 0.917. The Bertz CT molecular complexity index is 525. The van der Waals surface area contributed by atoms with Crippen molar-refractivity contribution in [3.05, 3.63) is 10.4 Å². The Kier molecular flexibility index (Phi) is 6.70. The molecular weight excluding hydrogens is 362 g/mol. The molecule has 0 bridgehead atoms. The van der Waals surface area contributed by atoms with Gasteiger partial charge in [0.15, 0.2) is 18.6 Å². The zero-order valence-corrected chi connectivity index (χ0v) is 13.1. The third-order valence-electron chi connectivity index (χ3n) is 4.09. The lowest BCUT2D eigenvalue weighted by atomic mass is 9.98. The third kappa shape index (κ3) is 4.05. The van der Waals surface area contributed by atoms with Crippen molar-refractivity contribution in [1.29, 1.82) is 0 Å². The lowest BCUT2D eigenvalue weighted by Crippen LogP contribution is -2.62. The number of aliphatic carboxylic acids is 1. The molecule has 2 aliphatic heterocycles. The highest BCUT2D eigenvalue weighted by Crippen LogP contribution is 2.26. The minimum Gasteiger partial charge on any atom is -0.479 e. The van der Waals surface area contributed by atoms with E-state index in [1.54, 1.807) is 0 Å². The molecule has 0 spiro atoms. The molecule has 2 aliphatic rings. The summed E-state index contributed by atoms with van der Waals surface area (Å²) in [6.45, 7) is -0.598. The molecule has 0 amide bonds. The Hall–Kier alpha value is -1.58. The van der Waals surface area contributed by atoms with Gasteiger partial charge >= 0.3 is 5.97 Å². The largest absolute Gasteiger partial charge is 0.479 e. The van der Waals surface area contributed by atoms with Crippen LogP contribution in [0.3, 0.4) is 0 Å². The lowest BCUT2D eigenvalue weighted by molar-refractivity contribution is -0.307. The summed E-state index contributed by atoms with van der Waals surface area (Å²) in [5.74, 6) is -1.60. The lowest BCUT2D eigenvalue weighted by Gasteiger charge is -2.41. The SMILES string of the molecule is [N-]=[N+]=N[C@@H]1O[C@H](CO[C@H]2O[C@H](C(=O)O)[C@H](O)[C@H](O)[C@H]2O)[C@@H](O)[C@H](O)[C@H]1O. The van der Waals surface area contributed by atoms with Crippen LogP contribution in [-0.2, 0) is 19.0 Å². The predicted octanol–water partition coefficient (Wildman–Crippen LogP) is -3.99. The number of hydrogen-bond donors (Lipinski definition) is 7. The Morgan fingerprint density at radius 1 is 0.962 bits per heavy atom. The van der Waals surface area contributed by atoms with Crippen molar-refractivity contribution >= 4 is 5.97 Å². The smallest absolute Gasteiger partial charge is 0.335 e. The van der Waals surface area contributed by atoms with E-state index in [0.717, 1.165) is 0 Å². The Morgan fingerprint density at radius 3 is 2.15 bits per heavy atom. The molecule has 14 heteroatoms. The van der Waals surface area contributed by atoms with E-state index in [-0.39, 0.29) is 0 Å². The molecular formula is C12H19N3O11. The maximum absolute atomic E-state index is 11.0. The zero-order valence-electron chi connectivity index (χ0n) is 13.1. The monoisotopic (exact) mass is 381 g/mol. The standard InChI is InChI=1S/C12H19N3O11/c13-15-14-10-7(20)4(17)3(16)2(25-10)1-24-12-8(21)5(18)6(19)9(26-12)11(22)23/h2-10,12,16-21H,1H2,(H,22,23)/t2-,3-,4+,5+,6-,7-,8-,9+,10-,12+/m1/s1. The number of ether oxygens (including phenoxy) is 3. The van der Waals surface area contributed by atoms with Crippen LogP contribution < -0.4 is 0 Å². The number of aliphatic hydroxyl groups is 6. The van der Waals surface area contributed by atoms with Crippen LogP contribution in [0.4, 0.5) is 0 Å². The summed E-state index contributed by atoms with van der Waals surface area (Å²) in [4.78, 5) is 13.4. The molecule has 0 aromatic carbocycles. The van der Waals surface area contributed by atoms with Gasteiger partial charge in [-0.3, -0.25) is 0 Å². The summed E-state index contributed by atoms with van der Waals surface area (Å²) < 4.78 is 15.1. The van der Waals surface area contributed by atoms with Gasteiger partial charge < -0.3 is 50.0 Å². The average molecular weight is 381 g/mol. The molecule has 14 nitrogen and oxygen atoms in total. The first-order valence-electron chi connectivity index (χ1n) is 7.47. The average Bonchev–Trinajstić information content (AvgIpc) is 2.60. The quantitative estimate of drug-likeness (QED) is 0.138. The molecule has 2 heterocycles. The molecule has 2 saturated heterocycles. The second kappa shape index (κ2) is 8.41. The first kappa shape index (κ1) is 20.7. The summed E-state index contributed by atoms with van der Waals surface area (Å²) in [5.41, 5.74) is 8.41. The summed E-state index contributed by atoms with van der Waals surface area (Å²) >= 11 is 0. The highest BCUT2D eigenvalue weighted by atomic mass is 16.7. The number of carboxylic acid groups (broad SMARTS) is 1. The summed E-state index contributed by atoms with van der Waals surface area (Å²) in [5, 5.41) is 70.4. The first-order chi connectivity index (χ1) is 12.2. The molecule has 2 fully saturated rings. The van der Waals surface area contributed by atoms with Crippen LogP contribution in [0.15, 0.2) is 5.11 Å². The number of hydrogen-bond acceptors (Lipinski definition) is 11. The summed E-state index contributed by atoms with van der Waals surface area (Å²) in [6.07, 6.45) is -17.1. The van der Waals surface area contributed by atoms with Gasteiger partial charge in [0, 0.05) is 4.91 Å². The molecule has 2 rings (SSSR count). The van der Waals surface area contributed by atoms with Gasteiger partial charge in [0.25, 0.3) is 0 Å². The van der Waals surface area contributed by atoms with E-state index in [1.165, 1.54) is 0 Å². The van der Waals surface area contributed by atoms with Crippen LogP contribution in [0.2, 0.25) is 0 Å². The van der Waals surface area contributed by atoms with Crippen LogP contribution in [0.5, 0.6) is 0 Å². The minimum absolute atomic E-state index is 0.598. The van der Waals surface area contributed by atoms with E-state index < -0.39 is 73.9 Å². The van der Waals surface area contributed by atoms with Gasteiger partial charge in [-0.25, -0.2) is 4.79 Å². The zero-order chi connectivity index (χ0) is 19.6. The van der Waals surface area contributed by atoms with E-state index in [2.05, 4.69) is 10.0 Å². The van der Waals surface area contributed by atoms with Gasteiger partial charge in [-0.05, 0) is 5.53 Å². The van der Waals surface area contributed by atoms with Crippen molar-refractivity contribution in [3.63, 3.8) is 0 Å². The summed E-state index contributed by atoms with van der Waals surface area (Å²) in [6, 6.07) is 0. The molecule has 10 atom stereocenters. The van der Waals surface area contributed by atoms with Crippen molar-refractivity contribution in [1.82, 2.24) is 0 Å². The van der Waals surface area contributed by atoms with Crippen LogP contribution in [0, 0.1) is 0 Å². The number of carboxylic acids is 1. The van der Waals surface area contributed by atoms with Gasteiger partial charge in [-0.1, -0.05) is 5.11 Å². The van der Waals surface area contributed by atoms with Crippen LogP contribution in [-0.4, -0.2) is 110 Å². The Morgan fingerprint density at radius 2 is 1.58 bits per heavy atom. The van der Waals surface area contributed by atoms with Crippen molar-refractivity contribution in [3.8, 4) is 0 Å². The van der Waals surface area contributed by atoms with Gasteiger partial charge in [0.2, 0.25) is 0 Å². The maximum atomic E-state index is 11.0. The van der Waals surface area contributed by atoms with E-state index in [1.807, 2.05) is 0 Å². The summed E-state index contributed by atoms with van der Waals surface area (Å²) in [7, 11) is 0. The van der Waals surface area contributed by atoms with Crippen LogP contribution in [0.1, 0.15) is 0 Å².